The van der Waals surface area contributed by atoms with Crippen molar-refractivity contribution in [3.63, 3.8) is 0 Å². The lowest BCUT2D eigenvalue weighted by molar-refractivity contribution is -0.129. The highest BCUT2D eigenvalue weighted by Gasteiger charge is 2.27. The van der Waals surface area contributed by atoms with Crippen molar-refractivity contribution >= 4 is 5.78 Å². The number of aliphatic hydroxyl groups excluding tert-OH is 1. The van der Waals surface area contributed by atoms with Gasteiger partial charge in [-0.25, -0.2) is 8.78 Å². The molecular formula is C15H18F2O2. The van der Waals surface area contributed by atoms with Crippen molar-refractivity contribution in [3.05, 3.63) is 35.4 Å². The zero-order chi connectivity index (χ0) is 13.8. The third-order valence-corrected chi connectivity index (χ3v) is 3.82. The van der Waals surface area contributed by atoms with Crippen molar-refractivity contribution in [2.45, 2.75) is 44.6 Å². The zero-order valence-electron chi connectivity index (χ0n) is 10.7. The summed E-state index contributed by atoms with van der Waals surface area (Å²) in [6.07, 6.45) is 3.53. The van der Waals surface area contributed by atoms with Gasteiger partial charge in [-0.1, -0.05) is 31.4 Å². The van der Waals surface area contributed by atoms with Gasteiger partial charge in [-0.05, 0) is 30.4 Å². The van der Waals surface area contributed by atoms with Crippen LogP contribution in [-0.4, -0.2) is 17.0 Å². The van der Waals surface area contributed by atoms with Crippen LogP contribution in [0, 0.1) is 17.6 Å². The van der Waals surface area contributed by atoms with E-state index in [2.05, 4.69) is 0 Å². The van der Waals surface area contributed by atoms with Crippen LogP contribution in [0.3, 0.4) is 0 Å². The number of aliphatic hydroxyl groups is 1. The first-order valence-corrected chi connectivity index (χ1v) is 6.73. The minimum atomic E-state index is -1.05. The summed E-state index contributed by atoms with van der Waals surface area (Å²) in [7, 11) is 0. The lowest BCUT2D eigenvalue weighted by atomic mass is 9.83. The van der Waals surface area contributed by atoms with Gasteiger partial charge in [-0.15, -0.1) is 0 Å². The monoisotopic (exact) mass is 268 g/mol. The molecule has 0 bridgehead atoms. The maximum Gasteiger partial charge on any atom is 0.166 e. The second kappa shape index (κ2) is 6.24. The number of carbonyl (C=O) groups excluding carboxylic acids is 1. The molecule has 0 spiro atoms. The molecule has 1 aromatic rings. The lowest BCUT2D eigenvalue weighted by Gasteiger charge is -2.25. The Kier molecular flexibility index (Phi) is 4.64. The molecule has 0 radical (unpaired) electrons. The van der Waals surface area contributed by atoms with Crippen LogP contribution in [0.25, 0.3) is 0 Å². The van der Waals surface area contributed by atoms with Crippen LogP contribution in [-0.2, 0) is 11.2 Å². The lowest BCUT2D eigenvalue weighted by Crippen LogP contribution is -2.32. The largest absolute Gasteiger partial charge is 0.385 e. The van der Waals surface area contributed by atoms with E-state index in [1.54, 1.807) is 0 Å². The van der Waals surface area contributed by atoms with Gasteiger partial charge >= 0.3 is 0 Å². The number of ketones is 1. The fraction of sp³-hybridized carbons (Fsp3) is 0.533. The Balaban J connectivity index is 2.01. The summed E-state index contributed by atoms with van der Waals surface area (Å²) in [5.74, 6) is -2.40. The third-order valence-electron chi connectivity index (χ3n) is 3.82. The maximum atomic E-state index is 13.5. The molecule has 1 aliphatic carbocycles. The highest BCUT2D eigenvalue weighted by atomic mass is 19.2. The van der Waals surface area contributed by atoms with Crippen LogP contribution in [0.1, 0.15) is 37.7 Å². The smallest absolute Gasteiger partial charge is 0.166 e. The van der Waals surface area contributed by atoms with Gasteiger partial charge in [-0.3, -0.25) is 4.79 Å². The normalized spacial score (nSPS) is 18.3. The molecule has 1 aliphatic rings. The molecule has 0 saturated heterocycles. The highest BCUT2D eigenvalue weighted by Crippen LogP contribution is 2.27. The first-order chi connectivity index (χ1) is 9.09. The van der Waals surface area contributed by atoms with Crippen molar-refractivity contribution in [1.82, 2.24) is 0 Å². The fourth-order valence-corrected chi connectivity index (χ4v) is 2.69. The Bertz CT molecular complexity index is 453. The number of Topliss-reactive ketones (excluding diaryl/α,β-unsaturated/α-hetero) is 1. The molecule has 19 heavy (non-hydrogen) atoms. The number of benzene rings is 1. The van der Waals surface area contributed by atoms with Gasteiger partial charge < -0.3 is 5.11 Å². The number of hydrogen-bond acceptors (Lipinski definition) is 2. The summed E-state index contributed by atoms with van der Waals surface area (Å²) >= 11 is 0. The molecule has 2 rings (SSSR count). The molecule has 1 N–H and O–H groups in total. The first kappa shape index (κ1) is 14.1. The van der Waals surface area contributed by atoms with Crippen LogP contribution < -0.4 is 0 Å². The molecule has 0 heterocycles. The van der Waals surface area contributed by atoms with Crippen LogP contribution >= 0.6 is 0 Å². The van der Waals surface area contributed by atoms with E-state index in [0.717, 1.165) is 38.2 Å². The van der Waals surface area contributed by atoms with E-state index in [9.17, 15) is 18.7 Å². The van der Waals surface area contributed by atoms with E-state index < -0.39 is 23.5 Å². The SMILES string of the molecule is O=C(Cc1cccc(F)c1F)C(O)C1CCCCC1. The maximum absolute atomic E-state index is 13.5. The van der Waals surface area contributed by atoms with Gasteiger partial charge in [0.15, 0.2) is 17.4 Å². The predicted octanol–water partition coefficient (Wildman–Crippen LogP) is 3.02. The summed E-state index contributed by atoms with van der Waals surface area (Å²) in [5, 5.41) is 10.00. The van der Waals surface area contributed by atoms with Gasteiger partial charge in [0.1, 0.15) is 6.10 Å². The molecule has 4 heteroatoms. The Labute approximate surface area is 111 Å². The second-order valence-corrected chi connectivity index (χ2v) is 5.20. The summed E-state index contributed by atoms with van der Waals surface area (Å²) in [6.45, 7) is 0. The number of carbonyl (C=O) groups is 1. The van der Waals surface area contributed by atoms with Gasteiger partial charge in [0.05, 0.1) is 0 Å². The molecule has 0 aliphatic heterocycles. The second-order valence-electron chi connectivity index (χ2n) is 5.20. The van der Waals surface area contributed by atoms with Gasteiger partial charge in [0, 0.05) is 6.42 Å². The van der Waals surface area contributed by atoms with Crippen molar-refractivity contribution in [2.75, 3.05) is 0 Å². The van der Waals surface area contributed by atoms with Crippen molar-refractivity contribution in [3.8, 4) is 0 Å². The molecule has 104 valence electrons. The number of hydrogen-bond donors (Lipinski definition) is 1. The van der Waals surface area contributed by atoms with E-state index in [4.69, 9.17) is 0 Å². The zero-order valence-corrected chi connectivity index (χ0v) is 10.7. The Morgan fingerprint density at radius 2 is 1.95 bits per heavy atom. The Morgan fingerprint density at radius 3 is 2.63 bits per heavy atom. The molecule has 0 amide bonds. The molecule has 1 aromatic carbocycles. The Hall–Kier alpha value is -1.29. The van der Waals surface area contributed by atoms with Gasteiger partial charge in [0.25, 0.3) is 0 Å². The minimum absolute atomic E-state index is 0.0138. The van der Waals surface area contributed by atoms with E-state index in [-0.39, 0.29) is 17.9 Å². The van der Waals surface area contributed by atoms with Crippen LogP contribution in [0.15, 0.2) is 18.2 Å². The van der Waals surface area contributed by atoms with Crippen LogP contribution in [0.5, 0.6) is 0 Å². The average molecular weight is 268 g/mol. The fourth-order valence-electron chi connectivity index (χ4n) is 2.69. The third kappa shape index (κ3) is 3.38. The summed E-state index contributed by atoms with van der Waals surface area (Å²) in [5.41, 5.74) is 0.0138. The van der Waals surface area contributed by atoms with E-state index in [0.29, 0.717) is 0 Å². The first-order valence-electron chi connectivity index (χ1n) is 6.73. The molecule has 1 unspecified atom stereocenters. The molecule has 1 fully saturated rings. The topological polar surface area (TPSA) is 37.3 Å². The summed E-state index contributed by atoms with van der Waals surface area (Å²) < 4.78 is 26.5. The van der Waals surface area contributed by atoms with Gasteiger partial charge in [0.2, 0.25) is 0 Å². The van der Waals surface area contributed by atoms with E-state index in [1.165, 1.54) is 12.1 Å². The predicted molar refractivity (Wildman–Crippen MR) is 67.7 cm³/mol. The highest BCUT2D eigenvalue weighted by molar-refractivity contribution is 5.85. The summed E-state index contributed by atoms with van der Waals surface area (Å²) in [6, 6.07) is 3.76. The van der Waals surface area contributed by atoms with Crippen molar-refractivity contribution in [1.29, 1.82) is 0 Å². The quantitative estimate of drug-likeness (QED) is 0.911. The van der Waals surface area contributed by atoms with E-state index in [1.807, 2.05) is 0 Å². The molecule has 2 nitrogen and oxygen atoms in total. The number of rotatable bonds is 4. The van der Waals surface area contributed by atoms with Crippen molar-refractivity contribution < 1.29 is 18.7 Å². The Morgan fingerprint density at radius 1 is 1.26 bits per heavy atom. The van der Waals surface area contributed by atoms with Gasteiger partial charge in [-0.2, -0.15) is 0 Å². The molecule has 0 aromatic heterocycles. The molecule has 1 saturated carbocycles. The van der Waals surface area contributed by atoms with E-state index >= 15 is 0 Å². The number of halogens is 2. The molecule has 1 atom stereocenters. The van der Waals surface area contributed by atoms with Crippen LogP contribution in [0.2, 0.25) is 0 Å². The summed E-state index contributed by atoms with van der Waals surface area (Å²) in [4.78, 5) is 11.9. The van der Waals surface area contributed by atoms with Crippen LogP contribution in [0.4, 0.5) is 8.78 Å². The minimum Gasteiger partial charge on any atom is -0.385 e. The average Bonchev–Trinajstić information content (AvgIpc) is 2.44. The molecular weight excluding hydrogens is 250 g/mol. The van der Waals surface area contributed by atoms with Crippen molar-refractivity contribution in [2.24, 2.45) is 5.92 Å². The standard InChI is InChI=1S/C15H18F2O2/c16-12-8-4-7-11(14(12)17)9-13(18)15(19)10-5-2-1-3-6-10/h4,7-8,10,15,19H,1-3,5-6,9H2.